The Morgan fingerprint density at radius 2 is 1.88 bits per heavy atom. The Bertz CT molecular complexity index is 1200. The van der Waals surface area contributed by atoms with E-state index in [1.54, 1.807) is 30.3 Å². The summed E-state index contributed by atoms with van der Waals surface area (Å²) in [6.45, 7) is 12.1. The highest BCUT2D eigenvalue weighted by atomic mass is 35.5. The average molecular weight is 496 g/mol. The molecule has 2 aliphatic rings. The first kappa shape index (κ1) is 24.4. The quantitative estimate of drug-likeness (QED) is 0.322. The topological polar surface area (TPSA) is 52.7 Å². The predicted octanol–water partition coefficient (Wildman–Crippen LogP) is 5.98. The van der Waals surface area contributed by atoms with E-state index in [0.717, 1.165) is 30.5 Å². The van der Waals surface area contributed by atoms with Gasteiger partial charge in [0.25, 0.3) is 11.8 Å². The lowest BCUT2D eigenvalue weighted by molar-refractivity contribution is -0.122. The lowest BCUT2D eigenvalue weighted by Gasteiger charge is -2.48. The molecule has 0 spiro atoms. The number of benzene rings is 2. The molecule has 2 aromatic rings. The number of carbonyl (C=O) groups excluding carboxylic acids is 2. The fourth-order valence-electron chi connectivity index (χ4n) is 5.09. The highest BCUT2D eigenvalue weighted by Crippen LogP contribution is 2.44. The molecule has 1 fully saturated rings. The Hall–Kier alpha value is -2.70. The van der Waals surface area contributed by atoms with Gasteiger partial charge in [-0.3, -0.25) is 19.8 Å². The van der Waals surface area contributed by atoms with Crippen LogP contribution in [0.3, 0.4) is 0 Å². The summed E-state index contributed by atoms with van der Waals surface area (Å²) in [7, 11) is 0. The van der Waals surface area contributed by atoms with Gasteiger partial charge in [0.05, 0.1) is 5.69 Å². The van der Waals surface area contributed by atoms with E-state index in [2.05, 4.69) is 50.0 Å². The van der Waals surface area contributed by atoms with Crippen molar-refractivity contribution in [3.05, 3.63) is 63.7 Å². The van der Waals surface area contributed by atoms with Crippen LogP contribution >= 0.6 is 23.8 Å². The van der Waals surface area contributed by atoms with Crippen LogP contribution in [-0.2, 0) is 9.59 Å². The smallest absolute Gasteiger partial charge is 0.270 e. The molecule has 1 saturated heterocycles. The van der Waals surface area contributed by atoms with Crippen molar-refractivity contribution >= 4 is 58.2 Å². The first-order valence-corrected chi connectivity index (χ1v) is 12.4. The van der Waals surface area contributed by atoms with Crippen LogP contribution in [0.15, 0.2) is 42.0 Å². The Balaban J connectivity index is 1.77. The van der Waals surface area contributed by atoms with Gasteiger partial charge in [0, 0.05) is 22.8 Å². The van der Waals surface area contributed by atoms with E-state index in [-0.39, 0.29) is 16.2 Å². The van der Waals surface area contributed by atoms with Gasteiger partial charge in [0.2, 0.25) is 0 Å². The molecule has 2 aliphatic heterocycles. The van der Waals surface area contributed by atoms with Crippen LogP contribution in [0.1, 0.15) is 63.1 Å². The van der Waals surface area contributed by atoms with E-state index >= 15 is 0 Å². The summed E-state index contributed by atoms with van der Waals surface area (Å²) in [5.41, 5.74) is 5.06. The molecule has 0 bridgehead atoms. The van der Waals surface area contributed by atoms with Crippen molar-refractivity contribution in [3.8, 4) is 0 Å². The zero-order valence-electron chi connectivity index (χ0n) is 20.2. The predicted molar refractivity (Wildman–Crippen MR) is 144 cm³/mol. The van der Waals surface area contributed by atoms with Gasteiger partial charge in [-0.15, -0.1) is 0 Å². The number of rotatable bonds is 4. The first-order chi connectivity index (χ1) is 16.0. The molecule has 178 valence electrons. The third kappa shape index (κ3) is 4.37. The number of aryl methyl sites for hydroxylation is 1. The van der Waals surface area contributed by atoms with Crippen molar-refractivity contribution in [2.45, 2.75) is 58.9 Å². The molecule has 7 heteroatoms. The van der Waals surface area contributed by atoms with Gasteiger partial charge in [-0.2, -0.15) is 0 Å². The maximum absolute atomic E-state index is 13.4. The first-order valence-electron chi connectivity index (χ1n) is 11.6. The largest absolute Gasteiger partial charge is 0.366 e. The highest BCUT2D eigenvalue weighted by molar-refractivity contribution is 7.80. The molecule has 0 radical (unpaired) electrons. The minimum atomic E-state index is -0.487. The summed E-state index contributed by atoms with van der Waals surface area (Å²) >= 11 is 11.3. The van der Waals surface area contributed by atoms with Crippen LogP contribution in [0.5, 0.6) is 0 Å². The molecule has 1 atom stereocenters. The molecule has 34 heavy (non-hydrogen) atoms. The van der Waals surface area contributed by atoms with Gasteiger partial charge >= 0.3 is 0 Å². The second kappa shape index (κ2) is 9.16. The number of nitrogens with zero attached hydrogens (tertiary/aromatic N) is 2. The standard InChI is InChI=1S/C27H30ClN3O2S/c1-6-11-30-23-12-16(2)18(13-21(23)17(3)15-27(30,4)5)14-22-24(32)29-26(34)31(25(22)33)20-9-7-19(28)8-10-20/h7-10,12-14,17H,6,11,15H2,1-5H3,(H,29,32,34)/b22-14-. The zero-order chi connectivity index (χ0) is 24.8. The number of hydrogen-bond acceptors (Lipinski definition) is 4. The molecule has 2 aromatic carbocycles. The van der Waals surface area contributed by atoms with Gasteiger partial charge in [-0.1, -0.05) is 25.4 Å². The van der Waals surface area contributed by atoms with Gasteiger partial charge in [-0.25, -0.2) is 0 Å². The van der Waals surface area contributed by atoms with E-state index in [1.165, 1.54) is 16.2 Å². The Labute approximate surface area is 211 Å². The van der Waals surface area contributed by atoms with Crippen molar-refractivity contribution in [2.75, 3.05) is 16.3 Å². The van der Waals surface area contributed by atoms with Crippen molar-refractivity contribution in [1.29, 1.82) is 0 Å². The average Bonchev–Trinajstić information content (AvgIpc) is 2.75. The second-order valence-corrected chi connectivity index (χ2v) is 10.6. The van der Waals surface area contributed by atoms with Gasteiger partial charge in [-0.05, 0) is 111 Å². The number of anilines is 2. The van der Waals surface area contributed by atoms with Crippen molar-refractivity contribution in [2.24, 2.45) is 0 Å². The van der Waals surface area contributed by atoms with Gasteiger partial charge < -0.3 is 4.90 Å². The number of carbonyl (C=O) groups is 2. The number of fused-ring (bicyclic) bond motifs is 1. The summed E-state index contributed by atoms with van der Waals surface area (Å²) in [4.78, 5) is 30.0. The van der Waals surface area contributed by atoms with Crippen LogP contribution in [0.4, 0.5) is 11.4 Å². The number of nitrogens with one attached hydrogen (secondary N) is 1. The van der Waals surface area contributed by atoms with E-state index in [1.807, 2.05) is 6.92 Å². The lowest BCUT2D eigenvalue weighted by atomic mass is 9.78. The van der Waals surface area contributed by atoms with Crippen LogP contribution in [0.2, 0.25) is 5.02 Å². The third-order valence-corrected chi connectivity index (χ3v) is 7.24. The molecule has 4 rings (SSSR count). The minimum Gasteiger partial charge on any atom is -0.366 e. The maximum Gasteiger partial charge on any atom is 0.270 e. The summed E-state index contributed by atoms with van der Waals surface area (Å²) < 4.78 is 0. The van der Waals surface area contributed by atoms with E-state index < -0.39 is 11.8 Å². The van der Waals surface area contributed by atoms with Crippen LogP contribution in [0.25, 0.3) is 6.08 Å². The lowest BCUT2D eigenvalue weighted by Crippen LogP contribution is -2.54. The molecule has 1 unspecified atom stereocenters. The van der Waals surface area contributed by atoms with E-state index in [4.69, 9.17) is 23.8 Å². The Morgan fingerprint density at radius 1 is 1.21 bits per heavy atom. The molecule has 2 amide bonds. The Morgan fingerprint density at radius 3 is 2.53 bits per heavy atom. The highest BCUT2D eigenvalue weighted by Gasteiger charge is 2.37. The summed E-state index contributed by atoms with van der Waals surface area (Å²) in [6.07, 6.45) is 3.79. The van der Waals surface area contributed by atoms with Crippen molar-refractivity contribution < 1.29 is 9.59 Å². The van der Waals surface area contributed by atoms with Crippen LogP contribution < -0.4 is 15.1 Å². The fourth-order valence-corrected chi connectivity index (χ4v) is 5.50. The van der Waals surface area contributed by atoms with E-state index in [0.29, 0.717) is 16.6 Å². The molecular formula is C27H30ClN3O2S. The second-order valence-electron chi connectivity index (χ2n) is 9.77. The minimum absolute atomic E-state index is 0.0563. The molecule has 0 aromatic heterocycles. The number of amides is 2. The molecular weight excluding hydrogens is 466 g/mol. The number of hydrogen-bond donors (Lipinski definition) is 1. The Kier molecular flexibility index (Phi) is 6.58. The van der Waals surface area contributed by atoms with Gasteiger partial charge in [0.15, 0.2) is 5.11 Å². The van der Waals surface area contributed by atoms with Crippen molar-refractivity contribution in [1.82, 2.24) is 5.32 Å². The summed E-state index contributed by atoms with van der Waals surface area (Å²) in [5, 5.41) is 3.27. The summed E-state index contributed by atoms with van der Waals surface area (Å²) in [5.74, 6) is -0.570. The number of thiocarbonyl (C=S) groups is 1. The normalized spacial score (nSPS) is 21.1. The summed E-state index contributed by atoms with van der Waals surface area (Å²) in [6, 6.07) is 11.1. The molecule has 0 aliphatic carbocycles. The van der Waals surface area contributed by atoms with Crippen molar-refractivity contribution in [3.63, 3.8) is 0 Å². The zero-order valence-corrected chi connectivity index (χ0v) is 21.8. The fraction of sp³-hybridized carbons (Fsp3) is 0.370. The molecule has 1 N–H and O–H groups in total. The van der Waals surface area contributed by atoms with Gasteiger partial charge in [0.1, 0.15) is 5.57 Å². The molecule has 5 nitrogen and oxygen atoms in total. The third-order valence-electron chi connectivity index (χ3n) is 6.71. The molecule has 0 saturated carbocycles. The van der Waals surface area contributed by atoms with E-state index in [9.17, 15) is 9.59 Å². The SMILES string of the molecule is CCCN1c2cc(C)c(/C=C3/C(=O)NC(=S)N(c4ccc(Cl)cc4)C3=O)cc2C(C)CC1(C)C. The number of halogens is 1. The monoisotopic (exact) mass is 495 g/mol. The van der Waals surface area contributed by atoms with Crippen LogP contribution in [-0.4, -0.2) is 29.0 Å². The molecule has 2 heterocycles. The maximum atomic E-state index is 13.4. The van der Waals surface area contributed by atoms with Crippen LogP contribution in [0, 0.1) is 6.92 Å².